The number of hydrogen-bond donors (Lipinski definition) is 2. The number of rotatable bonds is 4. The Morgan fingerprint density at radius 3 is 2.64 bits per heavy atom. The molecule has 0 radical (unpaired) electrons. The maximum Gasteiger partial charge on any atom is 0.101 e. The average Bonchev–Trinajstić information content (AvgIpc) is 3.39. The van der Waals surface area contributed by atoms with E-state index in [4.69, 9.17) is 0 Å². The monoisotopic (exact) mass is 340 g/mol. The van der Waals surface area contributed by atoms with E-state index in [2.05, 4.69) is 40.2 Å². The maximum atomic E-state index is 9.68. The molecule has 5 heteroatoms. The van der Waals surface area contributed by atoms with Crippen molar-refractivity contribution >= 4 is 11.4 Å². The lowest BCUT2D eigenvalue weighted by Gasteiger charge is -2.32. The van der Waals surface area contributed by atoms with Gasteiger partial charge in [0.2, 0.25) is 0 Å². The molecule has 3 fully saturated rings. The van der Waals surface area contributed by atoms with Gasteiger partial charge in [0, 0.05) is 43.4 Å². The normalized spacial score (nSPS) is 28.1. The molecule has 0 spiro atoms. The summed E-state index contributed by atoms with van der Waals surface area (Å²) in [7, 11) is 0. The van der Waals surface area contributed by atoms with Crippen molar-refractivity contribution in [1.82, 2.24) is 4.90 Å². The second-order valence-corrected chi connectivity index (χ2v) is 7.92. The minimum absolute atomic E-state index is 0.193. The Hall–Kier alpha value is -1.77. The standard InChI is InChI=1S/C20H28N4O/c1-14-10-17(13-24(14)18-3-4-18)22-16-2-5-20(15(11-16)12-21)23-8-6-19(25)7-9-23/h2,5,11,14,17-19,22,25H,3-4,6-10,13H2,1H3. The van der Waals surface area contributed by atoms with E-state index in [0.717, 1.165) is 55.5 Å². The highest BCUT2D eigenvalue weighted by Gasteiger charge is 2.38. The summed E-state index contributed by atoms with van der Waals surface area (Å²) in [5, 5.41) is 22.9. The topological polar surface area (TPSA) is 62.5 Å². The highest BCUT2D eigenvalue weighted by atomic mass is 16.3. The zero-order chi connectivity index (χ0) is 17.4. The zero-order valence-electron chi connectivity index (χ0n) is 15.0. The Labute approximate surface area is 150 Å². The summed E-state index contributed by atoms with van der Waals surface area (Å²) < 4.78 is 0. The molecule has 1 aromatic carbocycles. The third kappa shape index (κ3) is 3.61. The van der Waals surface area contributed by atoms with Gasteiger partial charge in [-0.25, -0.2) is 0 Å². The largest absolute Gasteiger partial charge is 0.393 e. The predicted molar refractivity (Wildman–Crippen MR) is 99.8 cm³/mol. The molecular formula is C20H28N4O. The number of aliphatic hydroxyl groups excluding tert-OH is 1. The Bertz CT molecular complexity index is 658. The molecule has 1 saturated carbocycles. The molecule has 0 aromatic heterocycles. The van der Waals surface area contributed by atoms with Crippen molar-refractivity contribution in [3.8, 4) is 6.07 Å². The number of anilines is 2. The Morgan fingerprint density at radius 1 is 1.20 bits per heavy atom. The van der Waals surface area contributed by atoms with E-state index < -0.39 is 0 Å². The third-order valence-electron chi connectivity index (χ3n) is 5.93. The molecule has 2 heterocycles. The number of nitrogens with one attached hydrogen (secondary N) is 1. The smallest absolute Gasteiger partial charge is 0.101 e. The summed E-state index contributed by atoms with van der Waals surface area (Å²) in [5.74, 6) is 0. The molecule has 5 nitrogen and oxygen atoms in total. The number of hydrogen-bond acceptors (Lipinski definition) is 5. The van der Waals surface area contributed by atoms with Gasteiger partial charge in [-0.05, 0) is 57.2 Å². The molecule has 0 bridgehead atoms. The lowest BCUT2D eigenvalue weighted by atomic mass is 10.0. The minimum atomic E-state index is -0.193. The van der Waals surface area contributed by atoms with Crippen molar-refractivity contribution in [2.75, 3.05) is 29.9 Å². The van der Waals surface area contributed by atoms with Crippen LogP contribution in [0.4, 0.5) is 11.4 Å². The zero-order valence-corrected chi connectivity index (χ0v) is 15.0. The van der Waals surface area contributed by atoms with Crippen LogP contribution < -0.4 is 10.2 Å². The summed E-state index contributed by atoms with van der Waals surface area (Å²) >= 11 is 0. The molecule has 2 N–H and O–H groups in total. The van der Waals surface area contributed by atoms with Crippen molar-refractivity contribution in [1.29, 1.82) is 5.26 Å². The predicted octanol–water partition coefficient (Wildman–Crippen LogP) is 2.56. The molecule has 2 saturated heterocycles. The molecule has 3 aliphatic rings. The number of likely N-dealkylation sites (tertiary alicyclic amines) is 1. The highest BCUT2D eigenvalue weighted by molar-refractivity contribution is 5.66. The van der Waals surface area contributed by atoms with Crippen LogP contribution in [0.1, 0.15) is 44.6 Å². The SMILES string of the molecule is CC1CC(Nc2ccc(N3CCC(O)CC3)c(C#N)c2)CN1C1CC1. The molecule has 2 aliphatic heterocycles. The Kier molecular flexibility index (Phi) is 4.58. The molecule has 25 heavy (non-hydrogen) atoms. The van der Waals surface area contributed by atoms with Crippen LogP contribution in [0.3, 0.4) is 0 Å². The van der Waals surface area contributed by atoms with Crippen LogP contribution in [0.5, 0.6) is 0 Å². The fraction of sp³-hybridized carbons (Fsp3) is 0.650. The minimum Gasteiger partial charge on any atom is -0.393 e. The van der Waals surface area contributed by atoms with Crippen molar-refractivity contribution in [3.05, 3.63) is 23.8 Å². The van der Waals surface area contributed by atoms with Gasteiger partial charge in [-0.15, -0.1) is 0 Å². The van der Waals surface area contributed by atoms with Gasteiger partial charge in [0.05, 0.1) is 17.4 Å². The van der Waals surface area contributed by atoms with Crippen LogP contribution in [0, 0.1) is 11.3 Å². The fourth-order valence-electron chi connectivity index (χ4n) is 4.41. The molecule has 0 amide bonds. The number of aliphatic hydroxyl groups is 1. The van der Waals surface area contributed by atoms with E-state index in [1.54, 1.807) is 0 Å². The molecular weight excluding hydrogens is 312 g/mol. The van der Waals surface area contributed by atoms with Crippen molar-refractivity contribution in [2.24, 2.45) is 0 Å². The van der Waals surface area contributed by atoms with Crippen LogP contribution in [0.15, 0.2) is 18.2 Å². The molecule has 4 rings (SSSR count). The number of piperidine rings is 1. The van der Waals surface area contributed by atoms with E-state index in [1.807, 2.05) is 6.07 Å². The van der Waals surface area contributed by atoms with Crippen molar-refractivity contribution < 1.29 is 5.11 Å². The average molecular weight is 340 g/mol. The van der Waals surface area contributed by atoms with Crippen LogP contribution in [0.2, 0.25) is 0 Å². The number of benzene rings is 1. The first kappa shape index (κ1) is 16.7. The van der Waals surface area contributed by atoms with Gasteiger partial charge in [-0.2, -0.15) is 5.26 Å². The van der Waals surface area contributed by atoms with Crippen LogP contribution in [-0.2, 0) is 0 Å². The second kappa shape index (κ2) is 6.86. The number of nitriles is 1. The van der Waals surface area contributed by atoms with E-state index in [-0.39, 0.29) is 6.10 Å². The second-order valence-electron chi connectivity index (χ2n) is 7.92. The van der Waals surface area contributed by atoms with Gasteiger partial charge in [0.1, 0.15) is 6.07 Å². The van der Waals surface area contributed by atoms with Crippen LogP contribution in [0.25, 0.3) is 0 Å². The van der Waals surface area contributed by atoms with Gasteiger partial charge in [-0.1, -0.05) is 0 Å². The molecule has 2 atom stereocenters. The lowest BCUT2D eigenvalue weighted by molar-refractivity contribution is 0.145. The summed E-state index contributed by atoms with van der Waals surface area (Å²) in [6.07, 6.45) is 5.25. The van der Waals surface area contributed by atoms with E-state index in [1.165, 1.54) is 19.3 Å². The molecule has 2 unspecified atom stereocenters. The number of nitrogens with zero attached hydrogens (tertiary/aromatic N) is 3. The van der Waals surface area contributed by atoms with E-state index in [0.29, 0.717) is 12.1 Å². The first-order valence-corrected chi connectivity index (χ1v) is 9.63. The van der Waals surface area contributed by atoms with Crippen molar-refractivity contribution in [2.45, 2.75) is 63.3 Å². The van der Waals surface area contributed by atoms with Crippen LogP contribution >= 0.6 is 0 Å². The summed E-state index contributed by atoms with van der Waals surface area (Å²) in [5.41, 5.74) is 2.78. The highest BCUT2D eigenvalue weighted by Crippen LogP contribution is 2.34. The first-order valence-electron chi connectivity index (χ1n) is 9.63. The Balaban J connectivity index is 1.44. The fourth-order valence-corrected chi connectivity index (χ4v) is 4.41. The summed E-state index contributed by atoms with van der Waals surface area (Å²) in [6.45, 7) is 5.08. The maximum absolute atomic E-state index is 9.68. The lowest BCUT2D eigenvalue weighted by Crippen LogP contribution is -2.36. The van der Waals surface area contributed by atoms with Gasteiger partial charge < -0.3 is 15.3 Å². The van der Waals surface area contributed by atoms with Gasteiger partial charge in [0.15, 0.2) is 0 Å². The van der Waals surface area contributed by atoms with E-state index >= 15 is 0 Å². The third-order valence-corrected chi connectivity index (χ3v) is 5.93. The van der Waals surface area contributed by atoms with E-state index in [9.17, 15) is 10.4 Å². The molecule has 134 valence electrons. The Morgan fingerprint density at radius 2 is 1.96 bits per heavy atom. The van der Waals surface area contributed by atoms with Crippen LogP contribution in [-0.4, -0.2) is 53.9 Å². The summed E-state index contributed by atoms with van der Waals surface area (Å²) in [4.78, 5) is 4.86. The van der Waals surface area contributed by atoms with Gasteiger partial charge in [-0.3, -0.25) is 4.90 Å². The first-order chi connectivity index (χ1) is 12.1. The quantitative estimate of drug-likeness (QED) is 0.882. The summed E-state index contributed by atoms with van der Waals surface area (Å²) in [6, 6.07) is 10.5. The molecule has 1 aliphatic carbocycles. The van der Waals surface area contributed by atoms with Gasteiger partial charge in [0.25, 0.3) is 0 Å². The van der Waals surface area contributed by atoms with Gasteiger partial charge >= 0.3 is 0 Å². The molecule has 1 aromatic rings. The van der Waals surface area contributed by atoms with Crippen molar-refractivity contribution in [3.63, 3.8) is 0 Å².